The van der Waals surface area contributed by atoms with Crippen molar-refractivity contribution >= 4 is 12.0 Å². The van der Waals surface area contributed by atoms with E-state index in [4.69, 9.17) is 4.74 Å². The SMILES string of the molecule is CC(C)(C)OC(=O)NCC(=O)N1CC1. The van der Waals surface area contributed by atoms with Crippen molar-refractivity contribution in [1.82, 2.24) is 10.2 Å². The molecule has 5 heteroatoms. The van der Waals surface area contributed by atoms with Crippen LogP contribution >= 0.6 is 0 Å². The molecule has 0 aliphatic carbocycles. The number of nitrogens with one attached hydrogen (secondary N) is 1. The molecule has 0 atom stereocenters. The number of alkyl carbamates (subject to hydrolysis) is 1. The zero-order valence-corrected chi connectivity index (χ0v) is 8.79. The minimum atomic E-state index is -0.548. The summed E-state index contributed by atoms with van der Waals surface area (Å²) in [7, 11) is 0. The predicted molar refractivity (Wildman–Crippen MR) is 50.8 cm³/mol. The number of amides is 2. The van der Waals surface area contributed by atoms with Gasteiger partial charge in [0.25, 0.3) is 0 Å². The fourth-order valence-corrected chi connectivity index (χ4v) is 0.873. The number of carbonyl (C=O) groups is 2. The minimum Gasteiger partial charge on any atom is -0.444 e. The first kappa shape index (κ1) is 10.8. The van der Waals surface area contributed by atoms with E-state index in [1.807, 2.05) is 0 Å². The quantitative estimate of drug-likeness (QED) is 0.654. The number of hydrogen-bond acceptors (Lipinski definition) is 3. The van der Waals surface area contributed by atoms with Gasteiger partial charge in [-0.25, -0.2) is 4.79 Å². The second kappa shape index (κ2) is 3.86. The van der Waals surface area contributed by atoms with Crippen LogP contribution in [0, 0.1) is 0 Å². The molecule has 1 heterocycles. The summed E-state index contributed by atoms with van der Waals surface area (Å²) in [4.78, 5) is 23.9. The Labute approximate surface area is 83.4 Å². The van der Waals surface area contributed by atoms with Gasteiger partial charge in [-0.05, 0) is 20.8 Å². The number of carbonyl (C=O) groups excluding carboxylic acids is 2. The zero-order valence-electron chi connectivity index (χ0n) is 8.79. The molecule has 1 fully saturated rings. The molecule has 0 unspecified atom stereocenters. The average molecular weight is 200 g/mol. The summed E-state index contributed by atoms with van der Waals surface area (Å²) in [6.07, 6.45) is -0.548. The van der Waals surface area contributed by atoms with Gasteiger partial charge in [0.15, 0.2) is 0 Å². The van der Waals surface area contributed by atoms with E-state index in [9.17, 15) is 9.59 Å². The van der Waals surface area contributed by atoms with E-state index >= 15 is 0 Å². The molecule has 0 aromatic carbocycles. The molecule has 0 saturated carbocycles. The summed E-state index contributed by atoms with van der Waals surface area (Å²) < 4.78 is 4.97. The largest absolute Gasteiger partial charge is 0.444 e. The van der Waals surface area contributed by atoms with Gasteiger partial charge in [-0.1, -0.05) is 0 Å². The number of rotatable bonds is 2. The first-order valence-corrected chi connectivity index (χ1v) is 4.63. The van der Waals surface area contributed by atoms with E-state index in [0.717, 1.165) is 13.1 Å². The van der Waals surface area contributed by atoms with E-state index in [0.29, 0.717) is 0 Å². The van der Waals surface area contributed by atoms with Crippen LogP contribution in [0.3, 0.4) is 0 Å². The van der Waals surface area contributed by atoms with Crippen molar-refractivity contribution < 1.29 is 14.3 Å². The summed E-state index contributed by atoms with van der Waals surface area (Å²) in [5.41, 5.74) is -0.521. The van der Waals surface area contributed by atoms with Crippen LogP contribution in [0.1, 0.15) is 20.8 Å². The second-order valence-corrected chi connectivity index (χ2v) is 4.24. The predicted octanol–water partition coefficient (Wildman–Crippen LogP) is 0.353. The normalized spacial score (nSPS) is 14.9. The molecule has 1 rings (SSSR count). The first-order valence-electron chi connectivity index (χ1n) is 4.63. The molecule has 1 N–H and O–H groups in total. The zero-order chi connectivity index (χ0) is 10.8. The van der Waals surface area contributed by atoms with Gasteiger partial charge in [0.2, 0.25) is 5.91 Å². The highest BCUT2D eigenvalue weighted by Crippen LogP contribution is 2.06. The van der Waals surface area contributed by atoms with Gasteiger partial charge < -0.3 is 15.0 Å². The smallest absolute Gasteiger partial charge is 0.408 e. The molecular weight excluding hydrogens is 184 g/mol. The average Bonchev–Trinajstić information content (AvgIpc) is 2.78. The molecule has 0 aromatic heterocycles. The molecule has 80 valence electrons. The maximum atomic E-state index is 11.1. The van der Waals surface area contributed by atoms with Crippen molar-refractivity contribution in [2.24, 2.45) is 0 Å². The standard InChI is InChI=1S/C9H16N2O3/c1-9(2,3)14-8(13)10-6-7(12)11-4-5-11/h4-6H2,1-3H3,(H,10,13). The van der Waals surface area contributed by atoms with Gasteiger partial charge in [-0.15, -0.1) is 0 Å². The Morgan fingerprint density at radius 1 is 1.36 bits per heavy atom. The summed E-state index contributed by atoms with van der Waals surface area (Å²) in [6, 6.07) is 0. The van der Waals surface area contributed by atoms with E-state index in [-0.39, 0.29) is 12.5 Å². The Hall–Kier alpha value is -1.26. The van der Waals surface area contributed by atoms with Crippen LogP contribution in [0.5, 0.6) is 0 Å². The van der Waals surface area contributed by atoms with Gasteiger partial charge in [-0.3, -0.25) is 4.79 Å². The Balaban J connectivity index is 2.17. The van der Waals surface area contributed by atoms with Crippen LogP contribution in [-0.4, -0.2) is 42.1 Å². The Bertz CT molecular complexity index is 241. The molecule has 1 aliphatic rings. The van der Waals surface area contributed by atoms with Crippen LogP contribution in [0.4, 0.5) is 4.79 Å². The van der Waals surface area contributed by atoms with E-state index in [1.165, 1.54) is 0 Å². The highest BCUT2D eigenvalue weighted by molar-refractivity contribution is 5.83. The third kappa shape index (κ3) is 4.11. The molecule has 14 heavy (non-hydrogen) atoms. The fourth-order valence-electron chi connectivity index (χ4n) is 0.873. The van der Waals surface area contributed by atoms with Gasteiger partial charge >= 0.3 is 6.09 Å². The van der Waals surface area contributed by atoms with Crippen LogP contribution < -0.4 is 5.32 Å². The number of hydrogen-bond donors (Lipinski definition) is 1. The molecule has 0 radical (unpaired) electrons. The van der Waals surface area contributed by atoms with Crippen LogP contribution in [0.2, 0.25) is 0 Å². The third-order valence-electron chi connectivity index (χ3n) is 1.58. The van der Waals surface area contributed by atoms with Gasteiger partial charge in [0, 0.05) is 13.1 Å². The molecule has 2 amide bonds. The molecule has 0 spiro atoms. The summed E-state index contributed by atoms with van der Waals surface area (Å²) in [5.74, 6) is -0.0594. The second-order valence-electron chi connectivity index (χ2n) is 4.24. The molecule has 5 nitrogen and oxygen atoms in total. The highest BCUT2D eigenvalue weighted by atomic mass is 16.6. The Morgan fingerprint density at radius 3 is 2.36 bits per heavy atom. The molecule has 1 saturated heterocycles. The number of ether oxygens (including phenoxy) is 1. The number of nitrogens with zero attached hydrogens (tertiary/aromatic N) is 1. The van der Waals surface area contributed by atoms with E-state index < -0.39 is 11.7 Å². The molecule has 1 aliphatic heterocycles. The summed E-state index contributed by atoms with van der Waals surface area (Å²) in [6.45, 7) is 6.95. The lowest BCUT2D eigenvalue weighted by Gasteiger charge is -2.19. The molecule has 0 aromatic rings. The fraction of sp³-hybridized carbons (Fsp3) is 0.778. The van der Waals surface area contributed by atoms with Crippen molar-refractivity contribution in [3.63, 3.8) is 0 Å². The Morgan fingerprint density at radius 2 is 1.93 bits per heavy atom. The van der Waals surface area contributed by atoms with Crippen LogP contribution in [0.15, 0.2) is 0 Å². The van der Waals surface area contributed by atoms with Crippen LogP contribution in [-0.2, 0) is 9.53 Å². The third-order valence-corrected chi connectivity index (χ3v) is 1.58. The van der Waals surface area contributed by atoms with E-state index in [1.54, 1.807) is 25.7 Å². The van der Waals surface area contributed by atoms with Crippen molar-refractivity contribution in [2.75, 3.05) is 19.6 Å². The monoisotopic (exact) mass is 200 g/mol. The topological polar surface area (TPSA) is 58.4 Å². The summed E-state index contributed by atoms with van der Waals surface area (Å²) in [5, 5.41) is 2.41. The maximum Gasteiger partial charge on any atom is 0.408 e. The van der Waals surface area contributed by atoms with Gasteiger partial charge in [0.1, 0.15) is 12.1 Å². The van der Waals surface area contributed by atoms with Crippen LogP contribution in [0.25, 0.3) is 0 Å². The van der Waals surface area contributed by atoms with E-state index in [2.05, 4.69) is 5.32 Å². The lowest BCUT2D eigenvalue weighted by molar-refractivity contribution is -0.124. The van der Waals surface area contributed by atoms with Crippen molar-refractivity contribution in [1.29, 1.82) is 0 Å². The van der Waals surface area contributed by atoms with Crippen molar-refractivity contribution in [3.05, 3.63) is 0 Å². The maximum absolute atomic E-state index is 11.1. The lowest BCUT2D eigenvalue weighted by atomic mass is 10.2. The first-order chi connectivity index (χ1) is 6.38. The highest BCUT2D eigenvalue weighted by Gasteiger charge is 2.24. The summed E-state index contributed by atoms with van der Waals surface area (Å²) >= 11 is 0. The lowest BCUT2D eigenvalue weighted by Crippen LogP contribution is -2.37. The van der Waals surface area contributed by atoms with Gasteiger partial charge in [0.05, 0.1) is 0 Å². The molecular formula is C9H16N2O3. The minimum absolute atomic E-state index is 0.0227. The van der Waals surface area contributed by atoms with Crippen molar-refractivity contribution in [2.45, 2.75) is 26.4 Å². The molecule has 0 bridgehead atoms. The van der Waals surface area contributed by atoms with Gasteiger partial charge in [-0.2, -0.15) is 0 Å². The van der Waals surface area contributed by atoms with Crippen molar-refractivity contribution in [3.8, 4) is 0 Å². The Kier molecular flexibility index (Phi) is 2.98.